The first-order valence-electron chi connectivity index (χ1n) is 9.70. The summed E-state index contributed by atoms with van der Waals surface area (Å²) in [5, 5.41) is 5.05. The Hall–Kier alpha value is -2.09. The van der Waals surface area contributed by atoms with Crippen molar-refractivity contribution in [3.8, 4) is 0 Å². The van der Waals surface area contributed by atoms with E-state index in [4.69, 9.17) is 0 Å². The van der Waals surface area contributed by atoms with Crippen molar-refractivity contribution >= 4 is 17.5 Å². The number of carbonyl (C=O) groups excluding carboxylic acids is 2. The molecule has 2 heterocycles. The van der Waals surface area contributed by atoms with E-state index in [1.54, 1.807) is 6.07 Å². The maximum Gasteiger partial charge on any atom is 0.416 e. The van der Waals surface area contributed by atoms with E-state index in [1.165, 1.54) is 6.07 Å². The average Bonchev–Trinajstić information content (AvgIpc) is 2.63. The van der Waals surface area contributed by atoms with Crippen LogP contribution in [0.5, 0.6) is 0 Å². The van der Waals surface area contributed by atoms with E-state index in [0.717, 1.165) is 19.2 Å². The molecule has 0 saturated carbocycles. The van der Waals surface area contributed by atoms with Crippen molar-refractivity contribution in [3.63, 3.8) is 0 Å². The molecule has 0 bridgehead atoms. The van der Waals surface area contributed by atoms with Gasteiger partial charge in [-0.05, 0) is 69.8 Å². The van der Waals surface area contributed by atoms with Crippen LogP contribution in [-0.4, -0.2) is 41.9 Å². The molecule has 28 heavy (non-hydrogen) atoms. The normalized spacial score (nSPS) is 22.4. The van der Waals surface area contributed by atoms with Crippen LogP contribution < -0.4 is 10.6 Å². The highest BCUT2D eigenvalue weighted by Gasteiger charge is 2.37. The first-order chi connectivity index (χ1) is 13.1. The molecule has 0 aromatic heterocycles. The summed E-state index contributed by atoms with van der Waals surface area (Å²) in [7, 11) is 0. The number of alkyl halides is 3. The van der Waals surface area contributed by atoms with Gasteiger partial charge in [0.25, 0.3) is 0 Å². The largest absolute Gasteiger partial charge is 0.416 e. The number of anilines is 1. The van der Waals surface area contributed by atoms with Gasteiger partial charge in [-0.1, -0.05) is 6.07 Å². The second-order valence-corrected chi connectivity index (χ2v) is 7.85. The molecule has 154 valence electrons. The van der Waals surface area contributed by atoms with E-state index in [2.05, 4.69) is 29.4 Å². The van der Waals surface area contributed by atoms with E-state index >= 15 is 0 Å². The maximum absolute atomic E-state index is 13.7. The molecule has 2 saturated heterocycles. The van der Waals surface area contributed by atoms with Crippen LogP contribution in [0.4, 0.5) is 18.9 Å². The molecule has 5 nitrogen and oxygen atoms in total. The zero-order valence-corrected chi connectivity index (χ0v) is 16.1. The van der Waals surface area contributed by atoms with Crippen molar-refractivity contribution < 1.29 is 22.8 Å². The van der Waals surface area contributed by atoms with Crippen LogP contribution in [0.15, 0.2) is 18.2 Å². The van der Waals surface area contributed by atoms with Gasteiger partial charge in [0.2, 0.25) is 11.8 Å². The quantitative estimate of drug-likeness (QED) is 0.764. The fourth-order valence-electron chi connectivity index (χ4n) is 4.01. The smallest absolute Gasteiger partial charge is 0.374 e. The second-order valence-electron chi connectivity index (χ2n) is 7.85. The number of hydrogen-bond donors (Lipinski definition) is 2. The van der Waals surface area contributed by atoms with Crippen molar-refractivity contribution in [2.24, 2.45) is 0 Å². The Morgan fingerprint density at radius 2 is 1.82 bits per heavy atom. The number of rotatable bonds is 4. The van der Waals surface area contributed by atoms with Crippen LogP contribution in [0.3, 0.4) is 0 Å². The average molecular weight is 397 g/mol. The minimum absolute atomic E-state index is 0.128. The lowest BCUT2D eigenvalue weighted by molar-refractivity contribution is -0.138. The molecule has 0 spiro atoms. The predicted octanol–water partition coefficient (Wildman–Crippen LogP) is 3.51. The molecule has 1 aromatic carbocycles. The van der Waals surface area contributed by atoms with Crippen molar-refractivity contribution in [2.75, 3.05) is 18.4 Å². The Labute approximate surface area is 162 Å². The molecule has 8 heteroatoms. The van der Waals surface area contributed by atoms with Gasteiger partial charge in [0.05, 0.1) is 5.56 Å². The summed E-state index contributed by atoms with van der Waals surface area (Å²) in [5.74, 6) is -0.992. The Bertz CT molecular complexity index is 741. The van der Waals surface area contributed by atoms with Crippen molar-refractivity contribution in [3.05, 3.63) is 29.3 Å². The third-order valence-corrected chi connectivity index (χ3v) is 5.64. The third kappa shape index (κ3) is 4.66. The van der Waals surface area contributed by atoms with E-state index in [9.17, 15) is 22.8 Å². The molecule has 1 atom stereocenters. The molecule has 2 aliphatic heterocycles. The van der Waals surface area contributed by atoms with Gasteiger partial charge in [-0.2, -0.15) is 13.2 Å². The zero-order chi connectivity index (χ0) is 20.5. The number of nitrogens with zero attached hydrogens (tertiary/aromatic N) is 1. The first-order valence-corrected chi connectivity index (χ1v) is 9.70. The number of benzene rings is 1. The van der Waals surface area contributed by atoms with Crippen LogP contribution in [0, 0.1) is 0 Å². The predicted molar refractivity (Wildman–Crippen MR) is 99.9 cm³/mol. The van der Waals surface area contributed by atoms with Gasteiger partial charge in [0.1, 0.15) is 6.04 Å². The molecule has 2 amide bonds. The molecular formula is C20H26F3N3O2. The number of halogens is 3. The Balaban J connectivity index is 1.79. The van der Waals surface area contributed by atoms with Crippen LogP contribution in [0.2, 0.25) is 0 Å². The van der Waals surface area contributed by atoms with Gasteiger partial charge < -0.3 is 10.2 Å². The van der Waals surface area contributed by atoms with Gasteiger partial charge in [-0.25, -0.2) is 0 Å². The summed E-state index contributed by atoms with van der Waals surface area (Å²) in [4.78, 5) is 25.4. The minimum Gasteiger partial charge on any atom is -0.374 e. The number of nitrogens with one attached hydrogen (secondary N) is 2. The Kier molecular flexibility index (Phi) is 5.98. The standard InChI is InChI=1S/C20H26F3N3O2/c1-12(2)26-9-7-13(8-10-26)15-4-3-14(11-16(15)20(21,22)23)24-17-5-6-18(27)25-19(17)28/h3-4,11-13,17,24H,5-10H2,1-2H3,(H,25,27,28). The van der Waals surface area contributed by atoms with Gasteiger partial charge >= 0.3 is 6.18 Å². The zero-order valence-electron chi connectivity index (χ0n) is 16.1. The van der Waals surface area contributed by atoms with E-state index in [1.807, 2.05) is 0 Å². The highest BCUT2D eigenvalue weighted by atomic mass is 19.4. The van der Waals surface area contributed by atoms with Crippen LogP contribution in [0.25, 0.3) is 0 Å². The molecule has 0 aliphatic carbocycles. The van der Waals surface area contributed by atoms with Crippen molar-refractivity contribution in [1.29, 1.82) is 0 Å². The summed E-state index contributed by atoms with van der Waals surface area (Å²) in [5.41, 5.74) is -0.0808. The maximum atomic E-state index is 13.7. The highest BCUT2D eigenvalue weighted by Crippen LogP contribution is 2.40. The number of likely N-dealkylation sites (tertiary alicyclic amines) is 1. The van der Waals surface area contributed by atoms with Gasteiger partial charge in [-0.15, -0.1) is 0 Å². The molecule has 2 aliphatic rings. The van der Waals surface area contributed by atoms with E-state index < -0.39 is 23.7 Å². The fourth-order valence-corrected chi connectivity index (χ4v) is 4.01. The monoisotopic (exact) mass is 397 g/mol. The lowest BCUT2D eigenvalue weighted by Gasteiger charge is -2.35. The molecule has 1 aromatic rings. The topological polar surface area (TPSA) is 61.4 Å². The van der Waals surface area contributed by atoms with E-state index in [0.29, 0.717) is 24.4 Å². The molecule has 2 fully saturated rings. The summed E-state index contributed by atoms with van der Waals surface area (Å²) in [6.07, 6.45) is -2.64. The minimum atomic E-state index is -4.47. The summed E-state index contributed by atoms with van der Waals surface area (Å²) in [6, 6.07) is 3.91. The Morgan fingerprint density at radius 3 is 2.39 bits per heavy atom. The lowest BCUT2D eigenvalue weighted by atomic mass is 9.85. The SMILES string of the molecule is CC(C)N1CCC(c2ccc(NC3CCC(=O)NC3=O)cc2C(F)(F)F)CC1. The van der Waals surface area contributed by atoms with Crippen LogP contribution >= 0.6 is 0 Å². The lowest BCUT2D eigenvalue weighted by Crippen LogP contribution is -2.47. The number of piperidine rings is 2. The number of imide groups is 1. The molecular weight excluding hydrogens is 371 g/mol. The summed E-state index contributed by atoms with van der Waals surface area (Å²) >= 11 is 0. The first kappa shape index (κ1) is 20.6. The second kappa shape index (κ2) is 8.11. The highest BCUT2D eigenvalue weighted by molar-refractivity contribution is 6.01. The fraction of sp³-hybridized carbons (Fsp3) is 0.600. The molecule has 1 unspecified atom stereocenters. The molecule has 3 rings (SSSR count). The van der Waals surface area contributed by atoms with Gasteiger partial charge in [0.15, 0.2) is 0 Å². The van der Waals surface area contributed by atoms with E-state index in [-0.39, 0.29) is 30.4 Å². The molecule has 0 radical (unpaired) electrons. The summed E-state index contributed by atoms with van der Waals surface area (Å²) < 4.78 is 41.2. The van der Waals surface area contributed by atoms with Crippen LogP contribution in [-0.2, 0) is 15.8 Å². The van der Waals surface area contributed by atoms with Gasteiger partial charge in [-0.3, -0.25) is 14.9 Å². The van der Waals surface area contributed by atoms with Crippen molar-refractivity contribution in [2.45, 2.75) is 63.7 Å². The third-order valence-electron chi connectivity index (χ3n) is 5.64. The summed E-state index contributed by atoms with van der Waals surface area (Å²) in [6.45, 7) is 5.76. The number of amides is 2. The molecule has 2 N–H and O–H groups in total. The number of carbonyl (C=O) groups is 2. The number of hydrogen-bond acceptors (Lipinski definition) is 4. The van der Waals surface area contributed by atoms with Gasteiger partial charge in [0, 0.05) is 18.2 Å². The van der Waals surface area contributed by atoms with Crippen LogP contribution in [0.1, 0.15) is 56.6 Å². The Morgan fingerprint density at radius 1 is 1.14 bits per heavy atom. The van der Waals surface area contributed by atoms with Crippen molar-refractivity contribution in [1.82, 2.24) is 10.2 Å².